The Labute approximate surface area is 253 Å². The fourth-order valence-corrected chi connectivity index (χ4v) is 5.32. The first-order valence-electron chi connectivity index (χ1n) is 14.6. The zero-order valence-corrected chi connectivity index (χ0v) is 25.8. The van der Waals surface area contributed by atoms with Crippen molar-refractivity contribution < 1.29 is 24.2 Å². The summed E-state index contributed by atoms with van der Waals surface area (Å²) in [5, 5.41) is 18.8. The molecule has 0 radical (unpaired) electrons. The number of benzene rings is 3. The largest absolute Gasteiger partial charge is 0.481 e. The van der Waals surface area contributed by atoms with Gasteiger partial charge in [-0.15, -0.1) is 5.10 Å². The number of carbonyl (C=O) groups excluding carboxylic acids is 2. The van der Waals surface area contributed by atoms with Gasteiger partial charge < -0.3 is 15.2 Å². The van der Waals surface area contributed by atoms with Crippen LogP contribution in [0.4, 0.5) is 5.69 Å². The Morgan fingerprint density at radius 1 is 1.00 bits per heavy atom. The summed E-state index contributed by atoms with van der Waals surface area (Å²) >= 11 is 0. The summed E-state index contributed by atoms with van der Waals surface area (Å²) < 4.78 is 5.54. The lowest BCUT2D eigenvalue weighted by atomic mass is 9.76. The van der Waals surface area contributed by atoms with Gasteiger partial charge in [-0.05, 0) is 65.1 Å². The van der Waals surface area contributed by atoms with E-state index in [1.54, 1.807) is 0 Å². The van der Waals surface area contributed by atoms with Crippen LogP contribution in [0, 0.1) is 24.2 Å². The topological polar surface area (TPSA) is 108 Å². The molecule has 0 fully saturated rings. The highest BCUT2D eigenvalue weighted by molar-refractivity contribution is 5.98. The molecule has 2 atom stereocenters. The lowest BCUT2D eigenvalue weighted by Crippen LogP contribution is -2.36. The van der Waals surface area contributed by atoms with Gasteiger partial charge in [-0.25, -0.2) is 5.01 Å². The predicted octanol–water partition coefficient (Wildman–Crippen LogP) is 6.38. The number of carboxylic acid groups (broad SMARTS) is 1. The van der Waals surface area contributed by atoms with Gasteiger partial charge in [0.1, 0.15) is 0 Å². The molecule has 4 rings (SSSR count). The first-order chi connectivity index (χ1) is 20.3. The molecule has 0 bridgehead atoms. The third kappa shape index (κ3) is 7.69. The van der Waals surface area contributed by atoms with Crippen molar-refractivity contribution in [2.75, 3.05) is 11.9 Å². The van der Waals surface area contributed by atoms with Crippen LogP contribution >= 0.6 is 0 Å². The van der Waals surface area contributed by atoms with Crippen molar-refractivity contribution in [1.82, 2.24) is 5.01 Å². The third-order valence-electron chi connectivity index (χ3n) is 7.94. The molecular formula is C35H41N3O5. The van der Waals surface area contributed by atoms with Crippen molar-refractivity contribution in [1.29, 1.82) is 0 Å². The van der Waals surface area contributed by atoms with Crippen molar-refractivity contribution in [3.8, 4) is 0 Å². The maximum absolute atomic E-state index is 13.6. The second-order valence-corrected chi connectivity index (χ2v) is 12.5. The molecule has 1 aliphatic heterocycles. The number of hydrogen-bond acceptors (Lipinski definition) is 5. The molecule has 43 heavy (non-hydrogen) atoms. The van der Waals surface area contributed by atoms with Crippen LogP contribution < -0.4 is 5.32 Å². The van der Waals surface area contributed by atoms with Gasteiger partial charge in [0.15, 0.2) is 6.61 Å². The molecule has 0 aromatic heterocycles. The fourth-order valence-electron chi connectivity index (χ4n) is 5.32. The Hall–Kier alpha value is -4.46. The minimum Gasteiger partial charge on any atom is -0.481 e. The van der Waals surface area contributed by atoms with Crippen molar-refractivity contribution in [2.45, 2.75) is 60.4 Å². The summed E-state index contributed by atoms with van der Waals surface area (Å²) in [6.45, 7) is 11.9. The van der Waals surface area contributed by atoms with Gasteiger partial charge in [0.05, 0.1) is 18.4 Å². The van der Waals surface area contributed by atoms with E-state index in [0.717, 1.165) is 27.8 Å². The Bertz CT molecular complexity index is 1490. The van der Waals surface area contributed by atoms with Crippen LogP contribution in [0.25, 0.3) is 0 Å². The van der Waals surface area contributed by atoms with Crippen molar-refractivity contribution in [3.05, 3.63) is 101 Å². The molecule has 2 amide bonds. The standard InChI is InChI=1S/C35H41N3O5/c1-22(2)31(32(40)36-29-14-10-13-27(23(29)3)19-28(34(41)42)35(4,5)6)25-17-15-24(16-18-25)20-38-30(39)21-43-33(37-38)26-11-8-7-9-12-26/h7-18,22,28,31H,19-21H2,1-6H3,(H,36,40)(H,41,42). The molecule has 0 saturated heterocycles. The molecule has 2 N–H and O–H groups in total. The lowest BCUT2D eigenvalue weighted by Gasteiger charge is -2.28. The molecule has 2 unspecified atom stereocenters. The normalized spacial score (nSPS) is 15.0. The number of nitrogens with one attached hydrogen (secondary N) is 1. The van der Waals surface area contributed by atoms with Crippen LogP contribution in [0.15, 0.2) is 77.9 Å². The van der Waals surface area contributed by atoms with Crippen LogP contribution in [-0.4, -0.2) is 40.4 Å². The molecule has 0 saturated carbocycles. The SMILES string of the molecule is Cc1c(CC(C(=O)O)C(C)(C)C)cccc1NC(=O)C(c1ccc(CN2N=C(c3ccccc3)OCC2=O)cc1)C(C)C. The Morgan fingerprint density at radius 3 is 2.28 bits per heavy atom. The quantitative estimate of drug-likeness (QED) is 0.288. The molecule has 8 heteroatoms. The lowest BCUT2D eigenvalue weighted by molar-refractivity contribution is -0.145. The summed E-state index contributed by atoms with van der Waals surface area (Å²) in [5.74, 6) is -1.72. The number of amides is 2. The highest BCUT2D eigenvalue weighted by atomic mass is 16.5. The monoisotopic (exact) mass is 583 g/mol. The van der Waals surface area contributed by atoms with Gasteiger partial charge >= 0.3 is 5.97 Å². The van der Waals surface area contributed by atoms with E-state index in [4.69, 9.17) is 4.74 Å². The number of hydrogen-bond donors (Lipinski definition) is 2. The maximum Gasteiger partial charge on any atom is 0.307 e. The number of ether oxygens (including phenoxy) is 1. The van der Waals surface area contributed by atoms with Crippen molar-refractivity contribution >= 4 is 29.4 Å². The van der Waals surface area contributed by atoms with E-state index in [9.17, 15) is 19.5 Å². The second kappa shape index (κ2) is 13.2. The first-order valence-corrected chi connectivity index (χ1v) is 14.6. The minimum atomic E-state index is -0.828. The smallest absolute Gasteiger partial charge is 0.307 e. The van der Waals surface area contributed by atoms with E-state index in [2.05, 4.69) is 10.4 Å². The number of anilines is 1. The number of carbonyl (C=O) groups is 3. The Morgan fingerprint density at radius 2 is 1.67 bits per heavy atom. The summed E-state index contributed by atoms with van der Waals surface area (Å²) in [6.07, 6.45) is 0.381. The Kier molecular flexibility index (Phi) is 9.69. The van der Waals surface area contributed by atoms with Crippen LogP contribution in [0.1, 0.15) is 68.4 Å². The zero-order chi connectivity index (χ0) is 31.3. The van der Waals surface area contributed by atoms with Crippen molar-refractivity contribution in [3.63, 3.8) is 0 Å². The van der Waals surface area contributed by atoms with Crippen LogP contribution in [0.3, 0.4) is 0 Å². The highest BCUT2D eigenvalue weighted by Crippen LogP contribution is 2.33. The van der Waals surface area contributed by atoms with Gasteiger partial charge in [-0.3, -0.25) is 14.4 Å². The minimum absolute atomic E-state index is 0.0190. The Balaban J connectivity index is 1.49. The molecule has 3 aromatic rings. The van der Waals surface area contributed by atoms with E-state index in [1.807, 2.05) is 114 Å². The average Bonchev–Trinajstić information content (AvgIpc) is 2.95. The molecule has 3 aromatic carbocycles. The molecule has 226 valence electrons. The van der Waals surface area contributed by atoms with Crippen LogP contribution in [0.2, 0.25) is 0 Å². The summed E-state index contributed by atoms with van der Waals surface area (Å²) in [6, 6.07) is 22.8. The highest BCUT2D eigenvalue weighted by Gasteiger charge is 2.32. The maximum atomic E-state index is 13.6. The van der Waals surface area contributed by atoms with Crippen LogP contribution in [-0.2, 0) is 32.1 Å². The summed E-state index contributed by atoms with van der Waals surface area (Å²) in [4.78, 5) is 38.1. The van der Waals surface area contributed by atoms with Gasteiger partial charge in [0, 0.05) is 11.3 Å². The van der Waals surface area contributed by atoms with Gasteiger partial charge in [0.2, 0.25) is 11.8 Å². The molecule has 0 spiro atoms. The van der Waals surface area contributed by atoms with E-state index >= 15 is 0 Å². The van der Waals surface area contributed by atoms with Crippen LogP contribution in [0.5, 0.6) is 0 Å². The third-order valence-corrected chi connectivity index (χ3v) is 7.94. The first kappa shape index (κ1) is 31.5. The van der Waals surface area contributed by atoms with Gasteiger partial charge in [-0.2, -0.15) is 0 Å². The van der Waals surface area contributed by atoms with E-state index in [1.165, 1.54) is 5.01 Å². The number of carboxylic acids is 1. The fraction of sp³-hybridized carbons (Fsp3) is 0.371. The summed E-state index contributed by atoms with van der Waals surface area (Å²) in [7, 11) is 0. The number of rotatable bonds is 10. The van der Waals surface area contributed by atoms with E-state index in [0.29, 0.717) is 18.0 Å². The van der Waals surface area contributed by atoms with Gasteiger partial charge in [-0.1, -0.05) is 89.2 Å². The van der Waals surface area contributed by atoms with Crippen molar-refractivity contribution in [2.24, 2.45) is 22.4 Å². The molecule has 1 aliphatic rings. The van der Waals surface area contributed by atoms with E-state index < -0.39 is 23.2 Å². The predicted molar refractivity (Wildman–Crippen MR) is 168 cm³/mol. The van der Waals surface area contributed by atoms with Gasteiger partial charge in [0.25, 0.3) is 5.91 Å². The number of hydrazone groups is 1. The molecule has 1 heterocycles. The summed E-state index contributed by atoms with van der Waals surface area (Å²) in [5.41, 5.74) is 4.60. The molecule has 8 nitrogen and oxygen atoms in total. The average molecular weight is 584 g/mol. The zero-order valence-electron chi connectivity index (χ0n) is 25.8. The second-order valence-electron chi connectivity index (χ2n) is 12.5. The van der Waals surface area contributed by atoms with E-state index in [-0.39, 0.29) is 30.9 Å². The number of aliphatic carboxylic acids is 1. The number of nitrogens with zero attached hydrogens (tertiary/aromatic N) is 2. The molecular weight excluding hydrogens is 542 g/mol. The molecule has 0 aliphatic carbocycles.